The standard InChI is InChI=1S/C12H16N4OS/c1-8(2)17-10-5-3-9(4-6-10)7-16-11(13)14-15-12(16)18/h3-6,8H,7H2,1-2H3,(H2,13,14)(H,15,18). The van der Waals surface area contributed by atoms with Gasteiger partial charge in [0.1, 0.15) is 5.75 Å². The smallest absolute Gasteiger partial charge is 0.220 e. The minimum atomic E-state index is 0.175. The van der Waals surface area contributed by atoms with Crippen LogP contribution in [-0.2, 0) is 6.54 Å². The molecule has 0 aliphatic heterocycles. The van der Waals surface area contributed by atoms with Gasteiger partial charge in [-0.2, -0.15) is 0 Å². The van der Waals surface area contributed by atoms with Crippen molar-refractivity contribution in [2.45, 2.75) is 26.5 Å². The molecule has 2 aromatic rings. The molecule has 0 saturated heterocycles. The van der Waals surface area contributed by atoms with Gasteiger partial charge in [0.2, 0.25) is 5.95 Å². The van der Waals surface area contributed by atoms with E-state index < -0.39 is 0 Å². The summed E-state index contributed by atoms with van der Waals surface area (Å²) in [5.41, 5.74) is 6.81. The van der Waals surface area contributed by atoms with E-state index in [9.17, 15) is 0 Å². The first kappa shape index (κ1) is 12.6. The molecule has 0 spiro atoms. The van der Waals surface area contributed by atoms with Gasteiger partial charge < -0.3 is 10.5 Å². The van der Waals surface area contributed by atoms with E-state index in [1.54, 1.807) is 4.57 Å². The van der Waals surface area contributed by atoms with Crippen LogP contribution in [0.2, 0.25) is 0 Å². The summed E-state index contributed by atoms with van der Waals surface area (Å²) in [7, 11) is 0. The number of rotatable bonds is 4. The van der Waals surface area contributed by atoms with Crippen LogP contribution in [0, 0.1) is 4.77 Å². The molecule has 1 aromatic carbocycles. The molecule has 0 fully saturated rings. The van der Waals surface area contributed by atoms with Gasteiger partial charge in [-0.25, -0.2) is 5.10 Å². The van der Waals surface area contributed by atoms with E-state index in [0.717, 1.165) is 11.3 Å². The molecule has 0 aliphatic carbocycles. The fraction of sp³-hybridized carbons (Fsp3) is 0.333. The van der Waals surface area contributed by atoms with Crippen LogP contribution in [0.3, 0.4) is 0 Å². The lowest BCUT2D eigenvalue weighted by molar-refractivity contribution is 0.242. The number of ether oxygens (including phenoxy) is 1. The van der Waals surface area contributed by atoms with Gasteiger partial charge in [0.15, 0.2) is 4.77 Å². The van der Waals surface area contributed by atoms with Crippen LogP contribution in [-0.4, -0.2) is 20.9 Å². The molecule has 2 rings (SSSR count). The lowest BCUT2D eigenvalue weighted by atomic mass is 10.2. The summed E-state index contributed by atoms with van der Waals surface area (Å²) in [5, 5.41) is 6.53. The Labute approximate surface area is 111 Å². The van der Waals surface area contributed by atoms with Crippen molar-refractivity contribution in [2.75, 3.05) is 5.73 Å². The first-order chi connectivity index (χ1) is 8.56. The first-order valence-electron chi connectivity index (χ1n) is 5.72. The Morgan fingerprint density at radius 2 is 2.06 bits per heavy atom. The van der Waals surface area contributed by atoms with E-state index in [-0.39, 0.29) is 6.10 Å². The highest BCUT2D eigenvalue weighted by Gasteiger charge is 2.03. The molecule has 0 radical (unpaired) electrons. The van der Waals surface area contributed by atoms with E-state index >= 15 is 0 Å². The molecule has 0 saturated carbocycles. The van der Waals surface area contributed by atoms with E-state index in [1.807, 2.05) is 38.1 Å². The summed E-state index contributed by atoms with van der Waals surface area (Å²) in [6.45, 7) is 4.60. The maximum Gasteiger partial charge on any atom is 0.220 e. The highest BCUT2D eigenvalue weighted by Crippen LogP contribution is 2.15. The summed E-state index contributed by atoms with van der Waals surface area (Å²) in [4.78, 5) is 0. The number of nitrogen functional groups attached to an aromatic ring is 1. The lowest BCUT2D eigenvalue weighted by Crippen LogP contribution is -2.06. The second kappa shape index (κ2) is 5.22. The highest BCUT2D eigenvalue weighted by atomic mass is 32.1. The third kappa shape index (κ3) is 2.89. The van der Waals surface area contributed by atoms with Crippen molar-refractivity contribution in [2.24, 2.45) is 0 Å². The van der Waals surface area contributed by atoms with Gasteiger partial charge in [0.05, 0.1) is 12.6 Å². The van der Waals surface area contributed by atoms with Crippen LogP contribution < -0.4 is 10.5 Å². The zero-order valence-electron chi connectivity index (χ0n) is 10.4. The van der Waals surface area contributed by atoms with Crippen molar-refractivity contribution in [1.82, 2.24) is 14.8 Å². The number of anilines is 1. The third-order valence-electron chi connectivity index (χ3n) is 2.42. The van der Waals surface area contributed by atoms with E-state index in [2.05, 4.69) is 10.2 Å². The molecule has 0 amide bonds. The zero-order valence-corrected chi connectivity index (χ0v) is 11.2. The zero-order chi connectivity index (χ0) is 13.1. The Hall–Kier alpha value is -1.82. The molecule has 0 atom stereocenters. The van der Waals surface area contributed by atoms with Crippen molar-refractivity contribution in [1.29, 1.82) is 0 Å². The summed E-state index contributed by atoms with van der Waals surface area (Å²) in [6, 6.07) is 7.86. The van der Waals surface area contributed by atoms with Crippen LogP contribution in [0.1, 0.15) is 19.4 Å². The molecule has 3 N–H and O–H groups in total. The van der Waals surface area contributed by atoms with Crippen LogP contribution >= 0.6 is 12.2 Å². The second-order valence-corrected chi connectivity index (χ2v) is 4.67. The molecule has 1 aromatic heterocycles. The summed E-state index contributed by atoms with van der Waals surface area (Å²) in [6.07, 6.45) is 0.175. The van der Waals surface area contributed by atoms with Crippen LogP contribution in [0.25, 0.3) is 0 Å². The number of H-pyrrole nitrogens is 1. The van der Waals surface area contributed by atoms with Crippen molar-refractivity contribution >= 4 is 18.2 Å². The van der Waals surface area contributed by atoms with Gasteiger partial charge in [0.25, 0.3) is 0 Å². The van der Waals surface area contributed by atoms with Crippen molar-refractivity contribution in [3.8, 4) is 5.75 Å². The number of nitrogens with zero attached hydrogens (tertiary/aromatic N) is 2. The fourth-order valence-corrected chi connectivity index (χ4v) is 1.81. The number of hydrogen-bond acceptors (Lipinski definition) is 4. The van der Waals surface area contributed by atoms with Gasteiger partial charge in [-0.1, -0.05) is 12.1 Å². The normalized spacial score (nSPS) is 10.8. The number of nitrogens with two attached hydrogens (primary N) is 1. The predicted molar refractivity (Wildman–Crippen MR) is 73.1 cm³/mol. The fourth-order valence-electron chi connectivity index (χ4n) is 1.61. The molecule has 0 unspecified atom stereocenters. The van der Waals surface area contributed by atoms with Gasteiger partial charge >= 0.3 is 0 Å². The van der Waals surface area contributed by atoms with Crippen LogP contribution in [0.4, 0.5) is 5.95 Å². The number of hydrogen-bond donors (Lipinski definition) is 2. The third-order valence-corrected chi connectivity index (χ3v) is 2.74. The lowest BCUT2D eigenvalue weighted by Gasteiger charge is -2.10. The second-order valence-electron chi connectivity index (χ2n) is 4.28. The Balaban J connectivity index is 2.14. The van der Waals surface area contributed by atoms with E-state index in [4.69, 9.17) is 22.7 Å². The Kier molecular flexibility index (Phi) is 3.66. The number of benzene rings is 1. The van der Waals surface area contributed by atoms with Crippen LogP contribution in [0.5, 0.6) is 5.75 Å². The molecular formula is C12H16N4OS. The topological polar surface area (TPSA) is 68.9 Å². The molecular weight excluding hydrogens is 248 g/mol. The average Bonchev–Trinajstić information content (AvgIpc) is 2.63. The predicted octanol–water partition coefficient (Wildman–Crippen LogP) is 2.36. The number of nitrogens with one attached hydrogen (secondary N) is 1. The minimum absolute atomic E-state index is 0.175. The molecule has 6 heteroatoms. The number of aromatic amines is 1. The highest BCUT2D eigenvalue weighted by molar-refractivity contribution is 7.71. The van der Waals surface area contributed by atoms with E-state index in [1.165, 1.54) is 0 Å². The molecule has 0 aliphatic rings. The molecule has 0 bridgehead atoms. The summed E-state index contributed by atoms with van der Waals surface area (Å²) in [5.74, 6) is 1.25. The quantitative estimate of drug-likeness (QED) is 0.832. The Bertz CT molecular complexity index is 571. The largest absolute Gasteiger partial charge is 0.491 e. The van der Waals surface area contributed by atoms with Crippen LogP contribution in [0.15, 0.2) is 24.3 Å². The first-order valence-corrected chi connectivity index (χ1v) is 6.13. The maximum atomic E-state index is 5.71. The SMILES string of the molecule is CC(C)Oc1ccc(Cn2c(N)n[nH]c2=S)cc1. The monoisotopic (exact) mass is 264 g/mol. The minimum Gasteiger partial charge on any atom is -0.491 e. The maximum absolute atomic E-state index is 5.71. The van der Waals surface area contributed by atoms with Gasteiger partial charge in [-0.3, -0.25) is 4.57 Å². The molecule has 5 nitrogen and oxygen atoms in total. The Morgan fingerprint density at radius 3 is 2.56 bits per heavy atom. The van der Waals surface area contributed by atoms with Crippen molar-refractivity contribution in [3.05, 3.63) is 34.6 Å². The number of aromatic nitrogens is 3. The molecule has 96 valence electrons. The average molecular weight is 264 g/mol. The van der Waals surface area contributed by atoms with E-state index in [0.29, 0.717) is 17.3 Å². The van der Waals surface area contributed by atoms with Crippen molar-refractivity contribution in [3.63, 3.8) is 0 Å². The van der Waals surface area contributed by atoms with Crippen molar-refractivity contribution < 1.29 is 4.74 Å². The summed E-state index contributed by atoms with van der Waals surface area (Å²) >= 11 is 5.10. The Morgan fingerprint density at radius 1 is 1.39 bits per heavy atom. The molecule has 1 heterocycles. The van der Waals surface area contributed by atoms with Gasteiger partial charge in [-0.05, 0) is 43.8 Å². The summed E-state index contributed by atoms with van der Waals surface area (Å²) < 4.78 is 7.85. The van der Waals surface area contributed by atoms with Gasteiger partial charge in [0, 0.05) is 0 Å². The molecule has 18 heavy (non-hydrogen) atoms. The van der Waals surface area contributed by atoms with Gasteiger partial charge in [-0.15, -0.1) is 5.10 Å².